The molecule has 6 heteroatoms. The van der Waals surface area contributed by atoms with Gasteiger partial charge in [-0.25, -0.2) is 4.98 Å². The number of carbonyl (C=O) groups excluding carboxylic acids is 1. The van der Waals surface area contributed by atoms with E-state index in [-0.39, 0.29) is 5.91 Å². The van der Waals surface area contributed by atoms with Crippen molar-refractivity contribution in [1.82, 2.24) is 4.98 Å². The Kier molecular flexibility index (Phi) is 5.20. The number of halogens is 1. The molecule has 0 fully saturated rings. The summed E-state index contributed by atoms with van der Waals surface area (Å²) in [6, 6.07) is 11.5. The highest BCUT2D eigenvalue weighted by atomic mass is 79.9. The minimum absolute atomic E-state index is 0.229. The van der Waals surface area contributed by atoms with E-state index in [1.807, 2.05) is 5.38 Å². The third kappa shape index (κ3) is 3.91. The lowest BCUT2D eigenvalue weighted by atomic mass is 10.0. The fraction of sp³-hybridized carbons (Fsp3) is 0.158. The second-order valence-corrected chi connectivity index (χ2v) is 7.37. The number of rotatable bonds is 4. The van der Waals surface area contributed by atoms with Crippen LogP contribution in [0.15, 0.2) is 46.3 Å². The minimum Gasteiger partial charge on any atom is -0.497 e. The number of anilines is 1. The number of methoxy groups -OCH3 is 1. The fourth-order valence-electron chi connectivity index (χ4n) is 2.53. The van der Waals surface area contributed by atoms with Crippen LogP contribution in [0.25, 0.3) is 11.3 Å². The summed E-state index contributed by atoms with van der Waals surface area (Å²) in [6.45, 7) is 4.13. The van der Waals surface area contributed by atoms with Crippen LogP contribution >= 0.6 is 27.3 Å². The number of hydrogen-bond donors (Lipinski definition) is 1. The quantitative estimate of drug-likeness (QED) is 0.614. The standard InChI is InChI=1S/C19H17BrN2O2S/c1-11-4-6-14(12(2)8-11)17-10-25-19(21-17)22-18(23)15-9-13(24-3)5-7-16(15)20/h4-10H,1-3H3,(H,21,22,23). The number of aryl methyl sites for hydroxylation is 2. The third-order valence-electron chi connectivity index (χ3n) is 3.80. The molecule has 25 heavy (non-hydrogen) atoms. The first-order chi connectivity index (χ1) is 12.0. The summed E-state index contributed by atoms with van der Waals surface area (Å²) in [5, 5.41) is 5.37. The Morgan fingerprint density at radius 2 is 2.00 bits per heavy atom. The van der Waals surface area contributed by atoms with Gasteiger partial charge in [0, 0.05) is 15.4 Å². The van der Waals surface area contributed by atoms with Crippen molar-refractivity contribution >= 4 is 38.3 Å². The largest absolute Gasteiger partial charge is 0.497 e. The molecule has 0 aliphatic carbocycles. The summed E-state index contributed by atoms with van der Waals surface area (Å²) in [5.74, 6) is 0.399. The fourth-order valence-corrected chi connectivity index (χ4v) is 3.66. The van der Waals surface area contributed by atoms with Crippen molar-refractivity contribution in [1.29, 1.82) is 0 Å². The Labute approximate surface area is 159 Å². The van der Waals surface area contributed by atoms with E-state index in [1.54, 1.807) is 25.3 Å². The molecule has 128 valence electrons. The number of ether oxygens (including phenoxy) is 1. The van der Waals surface area contributed by atoms with Crippen LogP contribution in [-0.4, -0.2) is 18.0 Å². The second-order valence-electron chi connectivity index (χ2n) is 5.66. The van der Waals surface area contributed by atoms with Crippen molar-refractivity contribution in [2.45, 2.75) is 13.8 Å². The van der Waals surface area contributed by atoms with Crippen LogP contribution in [0.3, 0.4) is 0 Å². The van der Waals surface area contributed by atoms with Crippen molar-refractivity contribution in [3.63, 3.8) is 0 Å². The SMILES string of the molecule is COc1ccc(Br)c(C(=O)Nc2nc(-c3ccc(C)cc3C)cs2)c1. The van der Waals surface area contributed by atoms with Crippen molar-refractivity contribution in [2.24, 2.45) is 0 Å². The van der Waals surface area contributed by atoms with E-state index in [9.17, 15) is 4.79 Å². The molecule has 3 rings (SSSR count). The number of carbonyl (C=O) groups is 1. The highest BCUT2D eigenvalue weighted by molar-refractivity contribution is 9.10. The normalized spacial score (nSPS) is 10.6. The molecular weight excluding hydrogens is 400 g/mol. The van der Waals surface area contributed by atoms with Crippen LogP contribution in [0.2, 0.25) is 0 Å². The van der Waals surface area contributed by atoms with Crippen molar-refractivity contribution in [3.8, 4) is 17.0 Å². The topological polar surface area (TPSA) is 51.2 Å². The minimum atomic E-state index is -0.229. The zero-order valence-electron chi connectivity index (χ0n) is 14.1. The van der Waals surface area contributed by atoms with Crippen LogP contribution in [0.4, 0.5) is 5.13 Å². The molecule has 4 nitrogen and oxygen atoms in total. The van der Waals surface area contributed by atoms with Crippen LogP contribution in [0.5, 0.6) is 5.75 Å². The Morgan fingerprint density at radius 3 is 2.72 bits per heavy atom. The molecule has 0 bridgehead atoms. The molecule has 2 aromatic carbocycles. The molecule has 0 saturated heterocycles. The average Bonchev–Trinajstić information content (AvgIpc) is 3.03. The first-order valence-electron chi connectivity index (χ1n) is 7.66. The maximum atomic E-state index is 12.5. The lowest BCUT2D eigenvalue weighted by molar-refractivity contribution is 0.102. The number of nitrogens with zero attached hydrogens (tertiary/aromatic N) is 1. The molecule has 0 spiro atoms. The molecule has 0 radical (unpaired) electrons. The molecule has 0 unspecified atom stereocenters. The zero-order chi connectivity index (χ0) is 18.0. The molecule has 1 N–H and O–H groups in total. The van der Waals surface area contributed by atoms with E-state index in [2.05, 4.69) is 58.3 Å². The summed E-state index contributed by atoms with van der Waals surface area (Å²) in [7, 11) is 1.57. The van der Waals surface area contributed by atoms with Crippen molar-refractivity contribution < 1.29 is 9.53 Å². The van der Waals surface area contributed by atoms with Crippen molar-refractivity contribution in [3.05, 3.63) is 62.9 Å². The van der Waals surface area contributed by atoms with Gasteiger partial charge in [-0.2, -0.15) is 0 Å². The maximum absolute atomic E-state index is 12.5. The van der Waals surface area contributed by atoms with E-state index in [1.165, 1.54) is 22.5 Å². The average molecular weight is 417 g/mol. The zero-order valence-corrected chi connectivity index (χ0v) is 16.5. The second kappa shape index (κ2) is 7.37. The molecule has 1 heterocycles. The van der Waals surface area contributed by atoms with Gasteiger partial charge in [0.1, 0.15) is 5.75 Å². The monoisotopic (exact) mass is 416 g/mol. The van der Waals surface area contributed by atoms with Gasteiger partial charge in [-0.1, -0.05) is 23.8 Å². The predicted molar refractivity (Wildman–Crippen MR) is 106 cm³/mol. The highest BCUT2D eigenvalue weighted by Crippen LogP contribution is 2.29. The van der Waals surface area contributed by atoms with Crippen LogP contribution in [0.1, 0.15) is 21.5 Å². The molecule has 0 aliphatic heterocycles. The van der Waals surface area contributed by atoms with E-state index < -0.39 is 0 Å². The summed E-state index contributed by atoms with van der Waals surface area (Å²) < 4.78 is 5.89. The van der Waals surface area contributed by atoms with Crippen LogP contribution in [0, 0.1) is 13.8 Å². The number of nitrogens with one attached hydrogen (secondary N) is 1. The van der Waals surface area contributed by atoms with Gasteiger partial charge < -0.3 is 4.74 Å². The van der Waals surface area contributed by atoms with Crippen LogP contribution in [-0.2, 0) is 0 Å². The first-order valence-corrected chi connectivity index (χ1v) is 9.33. The van der Waals surface area contributed by atoms with E-state index in [0.29, 0.717) is 20.9 Å². The molecule has 0 saturated carbocycles. The number of benzene rings is 2. The van der Waals surface area contributed by atoms with E-state index >= 15 is 0 Å². The third-order valence-corrected chi connectivity index (χ3v) is 5.25. The van der Waals surface area contributed by atoms with Crippen molar-refractivity contribution in [2.75, 3.05) is 12.4 Å². The van der Waals surface area contributed by atoms with Gasteiger partial charge in [-0.15, -0.1) is 11.3 Å². The summed E-state index contributed by atoms with van der Waals surface area (Å²) in [6.07, 6.45) is 0. The maximum Gasteiger partial charge on any atom is 0.258 e. The van der Waals surface area contributed by atoms with E-state index in [0.717, 1.165) is 11.3 Å². The molecule has 1 amide bonds. The molecule has 1 aromatic heterocycles. The van der Waals surface area contributed by atoms with Gasteiger partial charge in [0.15, 0.2) is 5.13 Å². The van der Waals surface area contributed by atoms with Gasteiger partial charge in [-0.3, -0.25) is 10.1 Å². The number of hydrogen-bond acceptors (Lipinski definition) is 4. The molecule has 0 aliphatic rings. The first kappa shape index (κ1) is 17.6. The van der Waals surface area contributed by atoms with Gasteiger partial charge in [0.2, 0.25) is 0 Å². The lowest BCUT2D eigenvalue weighted by Crippen LogP contribution is -2.12. The lowest BCUT2D eigenvalue weighted by Gasteiger charge is -2.07. The summed E-state index contributed by atoms with van der Waals surface area (Å²) >= 11 is 4.80. The molecular formula is C19H17BrN2O2S. The Hall–Kier alpha value is -2.18. The molecule has 3 aromatic rings. The highest BCUT2D eigenvalue weighted by Gasteiger charge is 2.14. The smallest absolute Gasteiger partial charge is 0.258 e. The Bertz CT molecular complexity index is 937. The predicted octanol–water partition coefficient (Wildman–Crippen LogP) is 5.45. The van der Waals surface area contributed by atoms with Gasteiger partial charge in [-0.05, 0) is 53.5 Å². The number of thiazole rings is 1. The van der Waals surface area contributed by atoms with E-state index in [4.69, 9.17) is 4.74 Å². The molecule has 0 atom stereocenters. The number of amides is 1. The summed E-state index contributed by atoms with van der Waals surface area (Å²) in [5.41, 5.74) is 4.82. The van der Waals surface area contributed by atoms with Gasteiger partial charge in [0.25, 0.3) is 5.91 Å². The van der Waals surface area contributed by atoms with Gasteiger partial charge >= 0.3 is 0 Å². The Morgan fingerprint density at radius 1 is 1.20 bits per heavy atom. The number of aromatic nitrogens is 1. The Balaban J connectivity index is 1.83. The summed E-state index contributed by atoms with van der Waals surface area (Å²) in [4.78, 5) is 17.1. The van der Waals surface area contributed by atoms with Gasteiger partial charge in [0.05, 0.1) is 18.4 Å². The van der Waals surface area contributed by atoms with Crippen LogP contribution < -0.4 is 10.1 Å².